The molecule has 0 spiro atoms. The van der Waals surface area contributed by atoms with Gasteiger partial charge in [0.05, 0.1) is 10.2 Å². The third-order valence-corrected chi connectivity index (χ3v) is 7.87. The molecule has 4 heterocycles. The molecule has 6 nitrogen and oxygen atoms in total. The molecular formula is C25H27N5OS2. The molecule has 0 aliphatic carbocycles. The van der Waals surface area contributed by atoms with Crippen LogP contribution in [0.1, 0.15) is 30.7 Å². The minimum Gasteiger partial charge on any atom is -0.317 e. The monoisotopic (exact) mass is 477 g/mol. The second-order valence-electron chi connectivity index (χ2n) is 8.48. The number of anilines is 1. The van der Waals surface area contributed by atoms with Crippen molar-refractivity contribution in [1.82, 2.24) is 20.6 Å². The molecule has 0 radical (unpaired) electrons. The molecule has 0 atom stereocenters. The maximum atomic E-state index is 12.7. The van der Waals surface area contributed by atoms with Gasteiger partial charge >= 0.3 is 0 Å². The van der Waals surface area contributed by atoms with Crippen molar-refractivity contribution < 1.29 is 4.79 Å². The van der Waals surface area contributed by atoms with Crippen molar-refractivity contribution >= 4 is 43.8 Å². The normalized spacial score (nSPS) is 13.4. The van der Waals surface area contributed by atoms with Gasteiger partial charge < -0.3 is 16.0 Å². The zero-order chi connectivity index (χ0) is 22.8. The highest BCUT2D eigenvalue weighted by atomic mass is 32.1. The number of hydrogen-bond acceptors (Lipinski definition) is 7. The van der Waals surface area contributed by atoms with Crippen molar-refractivity contribution in [3.8, 4) is 21.7 Å². The van der Waals surface area contributed by atoms with Crippen molar-refractivity contribution in [2.24, 2.45) is 0 Å². The number of fused-ring (bicyclic) bond motifs is 2. The first kappa shape index (κ1) is 22.2. The van der Waals surface area contributed by atoms with Crippen LogP contribution in [0.5, 0.6) is 0 Å². The van der Waals surface area contributed by atoms with E-state index >= 15 is 0 Å². The molecule has 0 saturated carbocycles. The van der Waals surface area contributed by atoms with E-state index in [2.05, 4.69) is 59.0 Å². The number of thiophene rings is 1. The smallest absolute Gasteiger partial charge is 0.226 e. The van der Waals surface area contributed by atoms with Crippen molar-refractivity contribution in [2.75, 3.05) is 18.4 Å². The molecule has 1 aromatic carbocycles. The van der Waals surface area contributed by atoms with Crippen LogP contribution in [0.15, 0.2) is 42.7 Å². The van der Waals surface area contributed by atoms with Gasteiger partial charge in [-0.05, 0) is 42.3 Å². The standard InChI is InChI=1S/C25H27N5OS2/c1-15(2)28-11-8-22(31)30-25-23(18-7-10-27-14-21(18)33-25)24-29-19-6-5-16(12-20(19)32-24)17-4-3-9-26-13-17/h3-6,9,12-13,15,27-28H,7-8,10-11,14H2,1-2H3,(H,30,31). The van der Waals surface area contributed by atoms with Gasteiger partial charge in [-0.3, -0.25) is 9.78 Å². The molecule has 33 heavy (non-hydrogen) atoms. The lowest BCUT2D eigenvalue weighted by atomic mass is 10.0. The lowest BCUT2D eigenvalue weighted by Gasteiger charge is -2.13. The summed E-state index contributed by atoms with van der Waals surface area (Å²) in [5.41, 5.74) is 5.63. The van der Waals surface area contributed by atoms with Crippen LogP contribution in [0.25, 0.3) is 31.9 Å². The molecule has 1 aliphatic rings. The molecule has 3 N–H and O–H groups in total. The Kier molecular flexibility index (Phi) is 6.50. The maximum Gasteiger partial charge on any atom is 0.226 e. The van der Waals surface area contributed by atoms with Crippen LogP contribution in [0.2, 0.25) is 0 Å². The molecule has 4 aromatic rings. The Labute approximate surface area is 201 Å². The van der Waals surface area contributed by atoms with Crippen LogP contribution in [0.3, 0.4) is 0 Å². The fourth-order valence-corrected chi connectivity index (χ4v) is 6.44. The van der Waals surface area contributed by atoms with Crippen LogP contribution >= 0.6 is 22.7 Å². The van der Waals surface area contributed by atoms with Gasteiger partial charge in [0, 0.05) is 53.9 Å². The van der Waals surface area contributed by atoms with Gasteiger partial charge in [-0.2, -0.15) is 0 Å². The third kappa shape index (κ3) is 4.84. The number of amides is 1. The van der Waals surface area contributed by atoms with Gasteiger partial charge in [-0.25, -0.2) is 4.98 Å². The molecule has 0 saturated heterocycles. The number of rotatable bonds is 7. The zero-order valence-corrected chi connectivity index (χ0v) is 20.4. The predicted octanol–water partition coefficient (Wildman–Crippen LogP) is 5.06. The molecule has 5 rings (SSSR count). The van der Waals surface area contributed by atoms with Crippen molar-refractivity contribution in [2.45, 2.75) is 39.3 Å². The Morgan fingerprint density at radius 1 is 1.21 bits per heavy atom. The molecule has 3 aromatic heterocycles. The van der Waals surface area contributed by atoms with E-state index in [4.69, 9.17) is 4.98 Å². The number of aromatic nitrogens is 2. The summed E-state index contributed by atoms with van der Waals surface area (Å²) in [5.74, 6) is 0.0379. The molecule has 0 bridgehead atoms. The first-order valence-corrected chi connectivity index (χ1v) is 12.9. The number of nitrogens with zero attached hydrogens (tertiary/aromatic N) is 2. The van der Waals surface area contributed by atoms with Crippen molar-refractivity contribution in [3.63, 3.8) is 0 Å². The Balaban J connectivity index is 1.48. The average Bonchev–Trinajstić information content (AvgIpc) is 3.39. The first-order valence-electron chi connectivity index (χ1n) is 11.3. The molecule has 0 fully saturated rings. The number of pyridine rings is 1. The number of carbonyl (C=O) groups is 1. The van der Waals surface area contributed by atoms with Crippen molar-refractivity contribution in [1.29, 1.82) is 0 Å². The molecular weight excluding hydrogens is 450 g/mol. The average molecular weight is 478 g/mol. The largest absolute Gasteiger partial charge is 0.317 e. The number of thiazole rings is 1. The third-order valence-electron chi connectivity index (χ3n) is 5.68. The van der Waals surface area contributed by atoms with Crippen molar-refractivity contribution in [3.05, 3.63) is 53.2 Å². The summed E-state index contributed by atoms with van der Waals surface area (Å²) >= 11 is 3.37. The number of benzene rings is 1. The quantitative estimate of drug-likeness (QED) is 0.347. The second-order valence-corrected chi connectivity index (χ2v) is 10.6. The van der Waals surface area contributed by atoms with E-state index < -0.39 is 0 Å². The van der Waals surface area contributed by atoms with Crippen LogP contribution in [-0.2, 0) is 17.8 Å². The summed E-state index contributed by atoms with van der Waals surface area (Å²) in [6.07, 6.45) is 5.07. The summed E-state index contributed by atoms with van der Waals surface area (Å²) in [7, 11) is 0. The summed E-state index contributed by atoms with van der Waals surface area (Å²) in [6.45, 7) is 6.63. The highest BCUT2D eigenvalue weighted by Crippen LogP contribution is 2.45. The van der Waals surface area contributed by atoms with E-state index in [9.17, 15) is 4.79 Å². The lowest BCUT2D eigenvalue weighted by molar-refractivity contribution is -0.116. The fourth-order valence-electron chi connectivity index (χ4n) is 4.06. The Hall–Kier alpha value is -2.65. The molecule has 8 heteroatoms. The Bertz CT molecular complexity index is 1280. The van der Waals surface area contributed by atoms with E-state index in [1.165, 1.54) is 10.4 Å². The summed E-state index contributed by atoms with van der Waals surface area (Å²) in [6, 6.07) is 10.8. The van der Waals surface area contributed by atoms with Gasteiger partial charge in [0.25, 0.3) is 0 Å². The lowest BCUT2D eigenvalue weighted by Crippen LogP contribution is -2.27. The summed E-state index contributed by atoms with van der Waals surface area (Å²) in [5, 5.41) is 11.8. The number of nitrogens with one attached hydrogen (secondary N) is 3. The van der Waals surface area contributed by atoms with E-state index in [1.807, 2.05) is 12.3 Å². The fraction of sp³-hybridized carbons (Fsp3) is 0.320. The van der Waals surface area contributed by atoms with E-state index in [0.29, 0.717) is 19.0 Å². The van der Waals surface area contributed by atoms with Crippen LogP contribution in [0.4, 0.5) is 5.00 Å². The number of hydrogen-bond donors (Lipinski definition) is 3. The Morgan fingerprint density at radius 3 is 2.94 bits per heavy atom. The van der Waals surface area contributed by atoms with Gasteiger partial charge in [0.15, 0.2) is 0 Å². The van der Waals surface area contributed by atoms with Crippen LogP contribution in [0, 0.1) is 0 Å². The maximum absolute atomic E-state index is 12.7. The minimum atomic E-state index is 0.0379. The molecule has 1 aliphatic heterocycles. The molecule has 1 amide bonds. The van der Waals surface area contributed by atoms with Gasteiger partial charge in [0.2, 0.25) is 5.91 Å². The second kappa shape index (κ2) is 9.69. The predicted molar refractivity (Wildman–Crippen MR) is 138 cm³/mol. The van der Waals surface area contributed by atoms with Gasteiger partial charge in [-0.1, -0.05) is 26.0 Å². The van der Waals surface area contributed by atoms with E-state index in [1.54, 1.807) is 28.9 Å². The topological polar surface area (TPSA) is 78.9 Å². The minimum absolute atomic E-state index is 0.0379. The molecule has 170 valence electrons. The highest BCUT2D eigenvalue weighted by molar-refractivity contribution is 7.23. The van der Waals surface area contributed by atoms with Gasteiger partial charge in [-0.15, -0.1) is 22.7 Å². The summed E-state index contributed by atoms with van der Waals surface area (Å²) in [4.78, 5) is 23.2. The summed E-state index contributed by atoms with van der Waals surface area (Å²) < 4.78 is 1.14. The zero-order valence-electron chi connectivity index (χ0n) is 18.8. The molecule has 0 unspecified atom stereocenters. The van der Waals surface area contributed by atoms with E-state index in [-0.39, 0.29) is 5.91 Å². The van der Waals surface area contributed by atoms with E-state index in [0.717, 1.165) is 56.4 Å². The SMILES string of the molecule is CC(C)NCCC(=O)Nc1sc2c(c1-c1nc3ccc(-c4cccnc4)cc3s1)CCNC2. The highest BCUT2D eigenvalue weighted by Gasteiger charge is 2.25. The van der Waals surface area contributed by atoms with Crippen LogP contribution in [-0.4, -0.2) is 35.0 Å². The number of carbonyl (C=O) groups excluding carboxylic acids is 1. The van der Waals surface area contributed by atoms with Crippen LogP contribution < -0.4 is 16.0 Å². The Morgan fingerprint density at radius 2 is 2.12 bits per heavy atom. The van der Waals surface area contributed by atoms with Gasteiger partial charge in [0.1, 0.15) is 10.0 Å². The first-order chi connectivity index (χ1) is 16.1.